The number of H-pyrrole nitrogens is 1. The zero-order chi connectivity index (χ0) is 39.2. The molecule has 9 aromatic rings. The number of aryl methyl sites for hydroxylation is 2. The summed E-state index contributed by atoms with van der Waals surface area (Å²) in [5.41, 5.74) is 8.57. The molecule has 1 aliphatic heterocycles. The summed E-state index contributed by atoms with van der Waals surface area (Å²) < 4.78 is 3.78. The summed E-state index contributed by atoms with van der Waals surface area (Å²) in [4.78, 5) is 60.7. The molecule has 296 valence electrons. The highest BCUT2D eigenvalue weighted by Gasteiger charge is 2.35. The Morgan fingerprint density at radius 1 is 0.695 bits per heavy atom. The molecule has 2 amide bonds. The van der Waals surface area contributed by atoms with Crippen LogP contribution < -0.4 is 5.32 Å². The van der Waals surface area contributed by atoms with Crippen molar-refractivity contribution in [2.75, 3.05) is 5.32 Å². The van der Waals surface area contributed by atoms with E-state index in [0.29, 0.717) is 50.4 Å². The van der Waals surface area contributed by atoms with Crippen LogP contribution in [0.4, 0.5) is 5.82 Å². The standard InChI is InChI=1S/C22H15ClN4O2.C19H15ClN8.2ClH/c1-26-12-24-10-18(26)20-14(9-13-5-4-8-17(23)19(13)25-20)11-27-21(28)15-6-2-3-7-16(15)22(27)29;1-28-10-21-7-14(28)16-12(5-11-3-2-4-13(20)15(11)27-16)6-22-18-17-19(24-8-23-17)26-9-25-18;;/h2-10,12H,11H2,1H3;2-5,7-10H,6H2,1H3,(H2,22,23,24,25,26);2*1H. The van der Waals surface area contributed by atoms with Gasteiger partial charge >= 0.3 is 0 Å². The minimum Gasteiger partial charge on any atom is -0.364 e. The third-order valence-electron chi connectivity index (χ3n) is 9.75. The molecule has 59 heavy (non-hydrogen) atoms. The van der Waals surface area contributed by atoms with E-state index in [1.54, 1.807) is 61.7 Å². The van der Waals surface area contributed by atoms with Crippen LogP contribution in [0, 0.1) is 0 Å². The zero-order valence-electron chi connectivity index (χ0n) is 31.2. The van der Waals surface area contributed by atoms with E-state index in [1.165, 1.54) is 11.2 Å². The number of aromatic nitrogens is 10. The van der Waals surface area contributed by atoms with Crippen molar-refractivity contribution in [3.8, 4) is 22.8 Å². The van der Waals surface area contributed by atoms with Gasteiger partial charge in [0.05, 0.1) is 92.9 Å². The average molecular weight is 867 g/mol. The number of hydrogen-bond acceptors (Lipinski definition) is 10. The lowest BCUT2D eigenvalue weighted by atomic mass is 10.1. The first-order valence-corrected chi connectivity index (χ1v) is 18.4. The molecule has 0 saturated carbocycles. The summed E-state index contributed by atoms with van der Waals surface area (Å²) in [5.74, 6) is 0.0881. The van der Waals surface area contributed by atoms with Crippen molar-refractivity contribution in [1.29, 1.82) is 0 Å². The van der Waals surface area contributed by atoms with Crippen LogP contribution in [0.5, 0.6) is 0 Å². The molecule has 0 unspecified atom stereocenters. The summed E-state index contributed by atoms with van der Waals surface area (Å²) in [6.45, 7) is 0.628. The number of anilines is 1. The third kappa shape index (κ3) is 7.54. The lowest BCUT2D eigenvalue weighted by molar-refractivity contribution is 0.0642. The smallest absolute Gasteiger partial charge is 0.261 e. The SMILES string of the molecule is Cl.Cl.Cn1cncc1-c1nc2c(Cl)cccc2cc1CN1C(=O)c2ccccc2C1=O.Cn1cncc1-c1nc2c(Cl)cccc2cc1CNc1ncnc2nc[nH]c12. The number of benzene rings is 3. The molecular formula is C41H32Cl4N12O2. The quantitative estimate of drug-likeness (QED) is 0.148. The molecule has 0 fully saturated rings. The summed E-state index contributed by atoms with van der Waals surface area (Å²) in [6, 6.07) is 22.2. The molecule has 18 heteroatoms. The van der Waals surface area contributed by atoms with Gasteiger partial charge in [-0.05, 0) is 42.0 Å². The van der Waals surface area contributed by atoms with E-state index in [4.69, 9.17) is 33.2 Å². The van der Waals surface area contributed by atoms with Crippen LogP contribution in [-0.2, 0) is 27.2 Å². The minimum atomic E-state index is -0.298. The summed E-state index contributed by atoms with van der Waals surface area (Å²) in [7, 11) is 3.81. The molecular weight excluding hydrogens is 834 g/mol. The maximum absolute atomic E-state index is 12.8. The molecule has 14 nitrogen and oxygen atoms in total. The number of fused-ring (bicyclic) bond motifs is 4. The van der Waals surface area contributed by atoms with Gasteiger partial charge in [0, 0.05) is 37.0 Å². The molecule has 0 radical (unpaired) electrons. The normalized spacial score (nSPS) is 12.0. The Morgan fingerprint density at radius 3 is 1.81 bits per heavy atom. The topological polar surface area (TPSA) is 165 Å². The van der Waals surface area contributed by atoms with Crippen molar-refractivity contribution in [2.24, 2.45) is 14.1 Å². The Balaban J connectivity index is 0.000000173. The zero-order valence-corrected chi connectivity index (χ0v) is 34.3. The number of rotatable bonds is 7. The fourth-order valence-electron chi connectivity index (χ4n) is 6.91. The number of nitrogens with one attached hydrogen (secondary N) is 2. The van der Waals surface area contributed by atoms with Crippen molar-refractivity contribution >= 4 is 98.6 Å². The van der Waals surface area contributed by atoms with Crippen molar-refractivity contribution < 1.29 is 9.59 Å². The Morgan fingerprint density at radius 2 is 1.25 bits per heavy atom. The summed E-state index contributed by atoms with van der Waals surface area (Å²) in [6.07, 6.45) is 10.0. The first kappa shape index (κ1) is 40.7. The Kier molecular flexibility index (Phi) is 11.6. The number of carbonyl (C=O) groups excluding carboxylic acids is 2. The van der Waals surface area contributed by atoms with Crippen LogP contribution in [-0.4, -0.2) is 65.7 Å². The van der Waals surface area contributed by atoms with E-state index in [0.717, 1.165) is 50.0 Å². The molecule has 0 saturated heterocycles. The second-order valence-electron chi connectivity index (χ2n) is 13.3. The molecule has 0 atom stereocenters. The van der Waals surface area contributed by atoms with E-state index in [-0.39, 0.29) is 43.2 Å². The van der Waals surface area contributed by atoms with Crippen LogP contribution in [0.3, 0.4) is 0 Å². The van der Waals surface area contributed by atoms with E-state index in [9.17, 15) is 9.59 Å². The Bertz CT molecular complexity index is 3000. The van der Waals surface area contributed by atoms with Crippen molar-refractivity contribution in [3.63, 3.8) is 0 Å². The number of amides is 2. The summed E-state index contributed by atoms with van der Waals surface area (Å²) >= 11 is 12.7. The lowest BCUT2D eigenvalue weighted by Crippen LogP contribution is -2.29. The molecule has 3 aromatic carbocycles. The van der Waals surface area contributed by atoms with Gasteiger partial charge in [0.15, 0.2) is 11.5 Å². The maximum Gasteiger partial charge on any atom is 0.261 e. The second-order valence-corrected chi connectivity index (χ2v) is 14.1. The Hall–Kier alpha value is -6.45. The highest BCUT2D eigenvalue weighted by atomic mass is 35.5. The number of nitrogens with zero attached hydrogens (tertiary/aromatic N) is 10. The average Bonchev–Trinajstić information content (AvgIpc) is 4.03. The van der Waals surface area contributed by atoms with Crippen molar-refractivity contribution in [2.45, 2.75) is 13.1 Å². The van der Waals surface area contributed by atoms with Gasteiger partial charge in [-0.15, -0.1) is 24.8 Å². The van der Waals surface area contributed by atoms with Gasteiger partial charge in [0.25, 0.3) is 11.8 Å². The number of hydrogen-bond donors (Lipinski definition) is 2. The van der Waals surface area contributed by atoms with Gasteiger partial charge in [0.2, 0.25) is 0 Å². The fourth-order valence-corrected chi connectivity index (χ4v) is 7.36. The second kappa shape index (κ2) is 16.8. The number of aromatic amines is 1. The van der Waals surface area contributed by atoms with E-state index in [2.05, 4.69) is 41.3 Å². The first-order valence-electron chi connectivity index (χ1n) is 17.7. The van der Waals surface area contributed by atoms with Gasteiger partial charge < -0.3 is 19.4 Å². The van der Waals surface area contributed by atoms with Gasteiger partial charge in [0.1, 0.15) is 11.8 Å². The molecule has 10 rings (SSSR count). The van der Waals surface area contributed by atoms with E-state index >= 15 is 0 Å². The molecule has 2 N–H and O–H groups in total. The number of halogens is 4. The predicted molar refractivity (Wildman–Crippen MR) is 232 cm³/mol. The number of pyridine rings is 2. The van der Waals surface area contributed by atoms with Crippen LogP contribution in [0.25, 0.3) is 55.7 Å². The highest BCUT2D eigenvalue weighted by Crippen LogP contribution is 2.33. The molecule has 7 heterocycles. The maximum atomic E-state index is 12.8. The van der Waals surface area contributed by atoms with E-state index < -0.39 is 0 Å². The van der Waals surface area contributed by atoms with Gasteiger partial charge in [-0.1, -0.05) is 59.6 Å². The third-order valence-corrected chi connectivity index (χ3v) is 10.4. The molecule has 6 aromatic heterocycles. The number of imide groups is 1. The minimum absolute atomic E-state index is 0. The summed E-state index contributed by atoms with van der Waals surface area (Å²) in [5, 5.41) is 6.35. The molecule has 1 aliphatic rings. The van der Waals surface area contributed by atoms with E-state index in [1.807, 2.05) is 59.6 Å². The van der Waals surface area contributed by atoms with Crippen molar-refractivity contribution in [3.05, 3.63) is 143 Å². The lowest BCUT2D eigenvalue weighted by Gasteiger charge is -2.17. The largest absolute Gasteiger partial charge is 0.364 e. The Labute approximate surface area is 358 Å². The number of carbonyl (C=O) groups is 2. The monoisotopic (exact) mass is 864 g/mol. The predicted octanol–water partition coefficient (Wildman–Crippen LogP) is 8.50. The fraction of sp³-hybridized carbons (Fsp3) is 0.0976. The van der Waals surface area contributed by atoms with Crippen LogP contribution in [0.2, 0.25) is 10.0 Å². The number of para-hydroxylation sites is 2. The van der Waals surface area contributed by atoms with Crippen molar-refractivity contribution in [1.82, 2.24) is 53.9 Å². The molecule has 0 bridgehead atoms. The van der Waals surface area contributed by atoms with Gasteiger partial charge in [-0.3, -0.25) is 14.5 Å². The first-order chi connectivity index (χ1) is 27.7. The molecule has 0 aliphatic carbocycles. The van der Waals surface area contributed by atoms with Gasteiger partial charge in [-0.25, -0.2) is 34.9 Å². The molecule has 0 spiro atoms. The highest BCUT2D eigenvalue weighted by molar-refractivity contribution is 6.35. The number of imidazole rings is 3. The van der Waals surface area contributed by atoms with Crippen LogP contribution in [0.1, 0.15) is 31.8 Å². The van der Waals surface area contributed by atoms with Gasteiger partial charge in [-0.2, -0.15) is 0 Å². The van der Waals surface area contributed by atoms with Crippen LogP contribution >= 0.6 is 48.0 Å². The van der Waals surface area contributed by atoms with Crippen LogP contribution in [0.15, 0.2) is 110 Å².